The molecular weight excluding hydrogens is 312 g/mol. The van der Waals surface area contributed by atoms with E-state index in [0.717, 1.165) is 11.3 Å². The van der Waals surface area contributed by atoms with Gasteiger partial charge in [-0.2, -0.15) is 0 Å². The molecule has 0 saturated heterocycles. The van der Waals surface area contributed by atoms with Crippen LogP contribution < -0.4 is 0 Å². The van der Waals surface area contributed by atoms with E-state index >= 15 is 0 Å². The normalized spacial score (nSPS) is 13.3. The summed E-state index contributed by atoms with van der Waals surface area (Å²) < 4.78 is 0. The molecule has 3 rings (SSSR count). The van der Waals surface area contributed by atoms with Crippen molar-refractivity contribution in [1.29, 1.82) is 0 Å². The van der Waals surface area contributed by atoms with Gasteiger partial charge in [-0.1, -0.05) is 18.2 Å². The van der Waals surface area contributed by atoms with Crippen molar-refractivity contribution in [2.24, 2.45) is 0 Å². The fourth-order valence-electron chi connectivity index (χ4n) is 2.50. The monoisotopic (exact) mass is 328 g/mol. The molecule has 23 heavy (non-hydrogen) atoms. The van der Waals surface area contributed by atoms with Crippen LogP contribution in [0.2, 0.25) is 0 Å². The second-order valence-corrected chi connectivity index (χ2v) is 6.42. The molecule has 0 N–H and O–H groups in total. The molecule has 5 nitrogen and oxygen atoms in total. The molecule has 3 amide bonds. The predicted molar refractivity (Wildman–Crippen MR) is 87.5 cm³/mol. The van der Waals surface area contributed by atoms with Crippen LogP contribution in [0.3, 0.4) is 0 Å². The van der Waals surface area contributed by atoms with Crippen LogP contribution in [0.15, 0.2) is 41.8 Å². The third-order valence-corrected chi connectivity index (χ3v) is 4.81. The Balaban J connectivity index is 1.62. The fraction of sp³-hybridized carbons (Fsp3) is 0.235. The van der Waals surface area contributed by atoms with Crippen LogP contribution in [0.25, 0.3) is 0 Å². The molecule has 0 saturated carbocycles. The van der Waals surface area contributed by atoms with Crippen LogP contribution in [-0.2, 0) is 11.2 Å². The average molecular weight is 328 g/mol. The van der Waals surface area contributed by atoms with Crippen molar-refractivity contribution in [3.05, 3.63) is 57.8 Å². The first kappa shape index (κ1) is 15.4. The summed E-state index contributed by atoms with van der Waals surface area (Å²) in [6.45, 7) is 0.343. The van der Waals surface area contributed by atoms with Gasteiger partial charge >= 0.3 is 0 Å². The van der Waals surface area contributed by atoms with E-state index in [1.54, 1.807) is 47.5 Å². The minimum atomic E-state index is -0.398. The zero-order valence-electron chi connectivity index (χ0n) is 12.7. The topological polar surface area (TPSA) is 57.7 Å². The first-order valence-electron chi connectivity index (χ1n) is 7.29. The summed E-state index contributed by atoms with van der Waals surface area (Å²) in [6.07, 6.45) is 0.766. The van der Waals surface area contributed by atoms with Gasteiger partial charge in [0.25, 0.3) is 11.8 Å². The molecule has 1 aliphatic rings. The molecule has 0 radical (unpaired) electrons. The molecule has 1 aromatic carbocycles. The zero-order chi connectivity index (χ0) is 16.4. The molecular formula is C17H16N2O3S. The van der Waals surface area contributed by atoms with Crippen LogP contribution >= 0.6 is 11.3 Å². The highest BCUT2D eigenvalue weighted by molar-refractivity contribution is 7.09. The number of nitrogens with zero attached hydrogens (tertiary/aromatic N) is 2. The van der Waals surface area contributed by atoms with Crippen molar-refractivity contribution >= 4 is 29.1 Å². The van der Waals surface area contributed by atoms with Crippen LogP contribution in [0.1, 0.15) is 25.6 Å². The fourth-order valence-corrected chi connectivity index (χ4v) is 3.19. The van der Waals surface area contributed by atoms with Gasteiger partial charge < -0.3 is 4.90 Å². The van der Waals surface area contributed by atoms with Gasteiger partial charge in [0.2, 0.25) is 5.91 Å². The highest BCUT2D eigenvalue weighted by Gasteiger charge is 2.36. The zero-order valence-corrected chi connectivity index (χ0v) is 13.5. The van der Waals surface area contributed by atoms with Crippen molar-refractivity contribution in [1.82, 2.24) is 9.80 Å². The lowest BCUT2D eigenvalue weighted by Crippen LogP contribution is -2.41. The number of hydrogen-bond donors (Lipinski definition) is 0. The molecule has 0 atom stereocenters. The smallest absolute Gasteiger partial charge is 0.262 e. The molecule has 118 valence electrons. The summed E-state index contributed by atoms with van der Waals surface area (Å²) in [6, 6.07) is 10.6. The van der Waals surface area contributed by atoms with E-state index in [1.165, 1.54) is 4.88 Å². The first-order valence-corrected chi connectivity index (χ1v) is 8.17. The number of carbonyl (C=O) groups is 3. The van der Waals surface area contributed by atoms with Gasteiger partial charge in [-0.05, 0) is 30.0 Å². The van der Waals surface area contributed by atoms with Gasteiger partial charge in [-0.15, -0.1) is 11.3 Å². The van der Waals surface area contributed by atoms with E-state index in [1.807, 2.05) is 17.5 Å². The molecule has 0 spiro atoms. The maximum Gasteiger partial charge on any atom is 0.262 e. The maximum atomic E-state index is 12.3. The number of benzene rings is 1. The SMILES string of the molecule is CN(CCc1cccs1)C(=O)CN1C(=O)c2ccccc2C1=O. The van der Waals surface area contributed by atoms with Crippen LogP contribution in [0, 0.1) is 0 Å². The van der Waals surface area contributed by atoms with Gasteiger partial charge in [0.05, 0.1) is 11.1 Å². The third kappa shape index (κ3) is 3.03. The Morgan fingerprint density at radius 3 is 2.30 bits per heavy atom. The van der Waals surface area contributed by atoms with Gasteiger partial charge in [0.15, 0.2) is 0 Å². The average Bonchev–Trinajstić information content (AvgIpc) is 3.16. The number of amides is 3. The van der Waals surface area contributed by atoms with E-state index in [-0.39, 0.29) is 12.5 Å². The Labute approximate surface area is 138 Å². The largest absolute Gasteiger partial charge is 0.344 e. The van der Waals surface area contributed by atoms with E-state index in [4.69, 9.17) is 0 Å². The number of carbonyl (C=O) groups excluding carboxylic acids is 3. The highest BCUT2D eigenvalue weighted by atomic mass is 32.1. The van der Waals surface area contributed by atoms with E-state index in [9.17, 15) is 14.4 Å². The number of thiophene rings is 1. The second-order valence-electron chi connectivity index (χ2n) is 5.39. The van der Waals surface area contributed by atoms with Crippen molar-refractivity contribution < 1.29 is 14.4 Å². The summed E-state index contributed by atoms with van der Waals surface area (Å²) >= 11 is 1.65. The van der Waals surface area contributed by atoms with Crippen molar-refractivity contribution in [3.8, 4) is 0 Å². The molecule has 0 bridgehead atoms. The summed E-state index contributed by atoms with van der Waals surface area (Å²) in [5.74, 6) is -1.03. The molecule has 1 aliphatic heterocycles. The van der Waals surface area contributed by atoms with Crippen molar-refractivity contribution in [3.63, 3.8) is 0 Å². The first-order chi connectivity index (χ1) is 11.1. The second kappa shape index (κ2) is 6.34. The number of likely N-dealkylation sites (N-methyl/N-ethyl adjacent to an activating group) is 1. The lowest BCUT2D eigenvalue weighted by Gasteiger charge is -2.20. The van der Waals surface area contributed by atoms with Crippen LogP contribution in [0.4, 0.5) is 0 Å². The summed E-state index contributed by atoms with van der Waals surface area (Å²) in [7, 11) is 1.69. The van der Waals surface area contributed by atoms with Crippen LogP contribution in [0.5, 0.6) is 0 Å². The van der Waals surface area contributed by atoms with Gasteiger partial charge in [0, 0.05) is 18.5 Å². The summed E-state index contributed by atoms with van der Waals surface area (Å²) in [5, 5.41) is 2.00. The molecule has 1 aromatic heterocycles. The lowest BCUT2D eigenvalue weighted by atomic mass is 10.1. The Morgan fingerprint density at radius 2 is 1.74 bits per heavy atom. The Bertz CT molecular complexity index is 720. The minimum Gasteiger partial charge on any atom is -0.344 e. The van der Waals surface area contributed by atoms with Gasteiger partial charge in [-0.25, -0.2) is 0 Å². The molecule has 0 fully saturated rings. The predicted octanol–water partition coefficient (Wildman–Crippen LogP) is 2.05. The third-order valence-electron chi connectivity index (χ3n) is 3.87. The number of rotatable bonds is 5. The van der Waals surface area contributed by atoms with E-state index < -0.39 is 11.8 Å². The molecule has 6 heteroatoms. The quantitative estimate of drug-likeness (QED) is 0.789. The summed E-state index contributed by atoms with van der Waals surface area (Å²) in [4.78, 5) is 40.6. The minimum absolute atomic E-state index is 0.215. The van der Waals surface area contributed by atoms with Gasteiger partial charge in [-0.3, -0.25) is 19.3 Å². The summed E-state index contributed by atoms with van der Waals surface area (Å²) in [5.41, 5.74) is 0.734. The van der Waals surface area contributed by atoms with Crippen LogP contribution in [-0.4, -0.2) is 47.7 Å². The number of fused-ring (bicyclic) bond motifs is 1. The van der Waals surface area contributed by atoms with E-state index in [0.29, 0.717) is 17.7 Å². The molecule has 0 unspecified atom stereocenters. The maximum absolute atomic E-state index is 12.3. The number of imide groups is 1. The number of hydrogen-bond acceptors (Lipinski definition) is 4. The molecule has 2 aromatic rings. The van der Waals surface area contributed by atoms with Crippen molar-refractivity contribution in [2.75, 3.05) is 20.1 Å². The Kier molecular flexibility index (Phi) is 4.25. The highest BCUT2D eigenvalue weighted by Crippen LogP contribution is 2.22. The van der Waals surface area contributed by atoms with Gasteiger partial charge in [0.1, 0.15) is 6.54 Å². The Morgan fingerprint density at radius 1 is 1.09 bits per heavy atom. The molecule has 2 heterocycles. The lowest BCUT2D eigenvalue weighted by molar-refractivity contribution is -0.130. The van der Waals surface area contributed by atoms with Crippen molar-refractivity contribution in [2.45, 2.75) is 6.42 Å². The molecule has 0 aliphatic carbocycles. The van der Waals surface area contributed by atoms with E-state index in [2.05, 4.69) is 0 Å². The standard InChI is InChI=1S/C17H16N2O3S/c1-18(9-8-12-5-4-10-23-12)15(20)11-19-16(21)13-6-2-3-7-14(13)17(19)22/h2-7,10H,8-9,11H2,1H3. The Hall–Kier alpha value is -2.47.